The number of fused-ring (bicyclic) bond motifs is 1. The summed E-state index contributed by atoms with van der Waals surface area (Å²) in [6, 6.07) is 15.9. The van der Waals surface area contributed by atoms with Gasteiger partial charge in [0.25, 0.3) is 5.91 Å². The number of aromatic nitrogens is 2. The lowest BCUT2D eigenvalue weighted by atomic mass is 10.1. The number of para-hydroxylation sites is 1. The van der Waals surface area contributed by atoms with Gasteiger partial charge in [0.05, 0.1) is 18.2 Å². The number of nitrogens with zero attached hydrogens (tertiary/aromatic N) is 4. The monoisotopic (exact) mass is 421 g/mol. The van der Waals surface area contributed by atoms with Gasteiger partial charge in [0.15, 0.2) is 5.69 Å². The number of likely N-dealkylation sites (N-methyl/N-ethyl adjacent to an activating group) is 1. The lowest BCUT2D eigenvalue weighted by Gasteiger charge is -2.24. The zero-order chi connectivity index (χ0) is 21.8. The van der Waals surface area contributed by atoms with Crippen molar-refractivity contribution in [2.45, 2.75) is 32.7 Å². The van der Waals surface area contributed by atoms with Gasteiger partial charge in [0.2, 0.25) is 0 Å². The van der Waals surface area contributed by atoms with Crippen molar-refractivity contribution < 1.29 is 9.90 Å². The summed E-state index contributed by atoms with van der Waals surface area (Å²) < 4.78 is 1.88. The summed E-state index contributed by atoms with van der Waals surface area (Å²) in [7, 11) is 2.09. The van der Waals surface area contributed by atoms with Crippen molar-refractivity contribution in [3.63, 3.8) is 0 Å². The molecule has 1 aromatic heterocycles. The van der Waals surface area contributed by atoms with Crippen LogP contribution in [-0.4, -0.2) is 69.9 Å². The van der Waals surface area contributed by atoms with Gasteiger partial charge < -0.3 is 15.3 Å². The summed E-state index contributed by atoms with van der Waals surface area (Å²) in [6.45, 7) is 7.04. The molecule has 1 unspecified atom stereocenters. The fourth-order valence-corrected chi connectivity index (χ4v) is 4.35. The zero-order valence-corrected chi connectivity index (χ0v) is 18.3. The minimum absolute atomic E-state index is 0.00608. The molecule has 0 saturated carbocycles. The number of benzene rings is 2. The molecule has 1 fully saturated rings. The van der Waals surface area contributed by atoms with Gasteiger partial charge in [0.1, 0.15) is 0 Å². The molecule has 3 aromatic rings. The van der Waals surface area contributed by atoms with Gasteiger partial charge >= 0.3 is 0 Å². The first-order valence-electron chi connectivity index (χ1n) is 10.9. The quantitative estimate of drug-likeness (QED) is 0.638. The van der Waals surface area contributed by atoms with E-state index >= 15 is 0 Å². The number of aliphatic hydroxyl groups excluding tert-OH is 1. The van der Waals surface area contributed by atoms with Crippen LogP contribution in [0, 0.1) is 0 Å². The third kappa shape index (κ3) is 4.95. The second-order valence-corrected chi connectivity index (χ2v) is 8.33. The van der Waals surface area contributed by atoms with E-state index in [1.807, 2.05) is 54.1 Å². The highest BCUT2D eigenvalue weighted by Gasteiger charge is 2.25. The van der Waals surface area contributed by atoms with Crippen LogP contribution in [0.4, 0.5) is 0 Å². The maximum atomic E-state index is 13.2. The predicted molar refractivity (Wildman–Crippen MR) is 122 cm³/mol. The van der Waals surface area contributed by atoms with Crippen molar-refractivity contribution in [1.82, 2.24) is 24.9 Å². The van der Waals surface area contributed by atoms with Crippen molar-refractivity contribution in [3.8, 4) is 0 Å². The highest BCUT2D eigenvalue weighted by molar-refractivity contribution is 6.05. The molecule has 0 bridgehead atoms. The van der Waals surface area contributed by atoms with E-state index in [9.17, 15) is 9.90 Å². The number of carbonyl (C=O) groups excluding carboxylic acids is 1. The van der Waals surface area contributed by atoms with E-state index < -0.39 is 0 Å². The molecule has 1 aliphatic rings. The van der Waals surface area contributed by atoms with Crippen molar-refractivity contribution in [3.05, 3.63) is 65.4 Å². The first-order valence-corrected chi connectivity index (χ1v) is 10.9. The molecule has 164 valence electrons. The molecular weight excluding hydrogens is 390 g/mol. The molecule has 2 heterocycles. The second-order valence-electron chi connectivity index (χ2n) is 8.33. The van der Waals surface area contributed by atoms with Gasteiger partial charge in [-0.3, -0.25) is 14.4 Å². The van der Waals surface area contributed by atoms with E-state index in [2.05, 4.69) is 33.3 Å². The molecule has 2 aromatic carbocycles. The molecule has 4 rings (SSSR count). The van der Waals surface area contributed by atoms with Crippen LogP contribution in [0.15, 0.2) is 48.5 Å². The Morgan fingerprint density at radius 3 is 2.74 bits per heavy atom. The molecule has 2 N–H and O–H groups in total. The molecule has 7 nitrogen and oxygen atoms in total. The summed E-state index contributed by atoms with van der Waals surface area (Å²) in [5.41, 5.74) is 3.58. The number of aliphatic hydroxyl groups is 1. The first kappa shape index (κ1) is 21.5. The zero-order valence-electron chi connectivity index (χ0n) is 18.3. The van der Waals surface area contributed by atoms with Crippen molar-refractivity contribution in [1.29, 1.82) is 0 Å². The Hall–Kier alpha value is -2.74. The molecule has 7 heteroatoms. The molecule has 31 heavy (non-hydrogen) atoms. The predicted octanol–water partition coefficient (Wildman–Crippen LogP) is 2.09. The Kier molecular flexibility index (Phi) is 6.65. The van der Waals surface area contributed by atoms with Gasteiger partial charge in [-0.25, -0.2) is 0 Å². The Balaban J connectivity index is 1.49. The van der Waals surface area contributed by atoms with Gasteiger partial charge in [-0.1, -0.05) is 42.5 Å². The van der Waals surface area contributed by atoms with E-state index in [0.717, 1.165) is 55.7 Å². The lowest BCUT2D eigenvalue weighted by molar-refractivity contribution is 0.0919. The second kappa shape index (κ2) is 9.60. The van der Waals surface area contributed by atoms with Gasteiger partial charge in [-0.2, -0.15) is 5.10 Å². The average molecular weight is 422 g/mol. The standard InChI is InChI=1S/C24H31N5O2/c1-3-29-22-10-5-4-9-21(22)23(26-29)24(31)25-20-15-27(2)11-12-28(16-20)14-18-7-6-8-19(13-18)17-30/h4-10,13,20,30H,3,11-12,14-17H2,1-2H3,(H,25,31). The Bertz CT molecular complexity index is 1050. The van der Waals surface area contributed by atoms with E-state index in [1.165, 1.54) is 5.56 Å². The summed E-state index contributed by atoms with van der Waals surface area (Å²) in [5.74, 6) is -0.120. The molecule has 1 amide bonds. The Labute approximate surface area is 183 Å². The summed E-state index contributed by atoms with van der Waals surface area (Å²) in [5, 5.41) is 18.1. The first-order chi connectivity index (χ1) is 15.1. The van der Waals surface area contributed by atoms with Crippen molar-refractivity contribution >= 4 is 16.8 Å². The number of rotatable bonds is 6. The summed E-state index contributed by atoms with van der Waals surface area (Å²) in [4.78, 5) is 17.8. The van der Waals surface area contributed by atoms with Crippen LogP contribution in [0.5, 0.6) is 0 Å². The number of nitrogens with one attached hydrogen (secondary N) is 1. The highest BCUT2D eigenvalue weighted by Crippen LogP contribution is 2.19. The van der Waals surface area contributed by atoms with E-state index in [1.54, 1.807) is 0 Å². The van der Waals surface area contributed by atoms with E-state index in [-0.39, 0.29) is 18.6 Å². The van der Waals surface area contributed by atoms with Crippen LogP contribution < -0.4 is 5.32 Å². The van der Waals surface area contributed by atoms with Crippen LogP contribution in [0.1, 0.15) is 28.5 Å². The lowest BCUT2D eigenvalue weighted by Crippen LogP contribution is -2.46. The van der Waals surface area contributed by atoms with Gasteiger partial charge in [-0.05, 0) is 31.2 Å². The fourth-order valence-electron chi connectivity index (χ4n) is 4.35. The third-order valence-electron chi connectivity index (χ3n) is 5.90. The van der Waals surface area contributed by atoms with Gasteiger partial charge in [0, 0.05) is 44.7 Å². The topological polar surface area (TPSA) is 73.6 Å². The SMILES string of the molecule is CCn1nc(C(=O)NC2CN(C)CCN(Cc3cccc(CO)c3)C2)c2ccccc21. The fraction of sp³-hybridized carbons (Fsp3) is 0.417. The molecule has 1 saturated heterocycles. The number of hydrogen-bond donors (Lipinski definition) is 2. The van der Waals surface area contributed by atoms with Crippen LogP contribution in [-0.2, 0) is 19.7 Å². The van der Waals surface area contributed by atoms with Crippen LogP contribution in [0.25, 0.3) is 10.9 Å². The molecular formula is C24H31N5O2. The van der Waals surface area contributed by atoms with E-state index in [0.29, 0.717) is 5.69 Å². The maximum absolute atomic E-state index is 13.2. The molecule has 1 atom stereocenters. The molecule has 0 radical (unpaired) electrons. The Morgan fingerprint density at radius 2 is 1.94 bits per heavy atom. The van der Waals surface area contributed by atoms with Crippen LogP contribution >= 0.6 is 0 Å². The van der Waals surface area contributed by atoms with Crippen molar-refractivity contribution in [2.24, 2.45) is 0 Å². The third-order valence-corrected chi connectivity index (χ3v) is 5.90. The van der Waals surface area contributed by atoms with E-state index in [4.69, 9.17) is 0 Å². The smallest absolute Gasteiger partial charge is 0.272 e. The Morgan fingerprint density at radius 1 is 1.13 bits per heavy atom. The molecule has 0 aliphatic carbocycles. The average Bonchev–Trinajstić information content (AvgIpc) is 3.07. The summed E-state index contributed by atoms with van der Waals surface area (Å²) >= 11 is 0. The normalized spacial score (nSPS) is 18.2. The minimum Gasteiger partial charge on any atom is -0.392 e. The van der Waals surface area contributed by atoms with Crippen LogP contribution in [0.3, 0.4) is 0 Å². The minimum atomic E-state index is -0.120. The van der Waals surface area contributed by atoms with Crippen molar-refractivity contribution in [2.75, 3.05) is 33.2 Å². The number of amides is 1. The highest BCUT2D eigenvalue weighted by atomic mass is 16.3. The summed E-state index contributed by atoms with van der Waals surface area (Å²) in [6.07, 6.45) is 0. The largest absolute Gasteiger partial charge is 0.392 e. The molecule has 1 aliphatic heterocycles. The number of carbonyl (C=O) groups is 1. The maximum Gasteiger partial charge on any atom is 0.272 e. The van der Waals surface area contributed by atoms with Gasteiger partial charge in [-0.15, -0.1) is 0 Å². The van der Waals surface area contributed by atoms with Crippen LogP contribution in [0.2, 0.25) is 0 Å². The number of hydrogen-bond acceptors (Lipinski definition) is 5. The molecule has 0 spiro atoms. The number of aryl methyl sites for hydroxylation is 1.